The molecule has 0 unspecified atom stereocenters. The number of alkyl halides is 2. The van der Waals surface area contributed by atoms with E-state index >= 15 is 0 Å². The van der Waals surface area contributed by atoms with Crippen LogP contribution in [0, 0.1) is 5.82 Å². The maximum absolute atomic E-state index is 14.5. The zero-order valence-corrected chi connectivity index (χ0v) is 14.5. The molecule has 0 heterocycles. The molecule has 0 saturated heterocycles. The summed E-state index contributed by atoms with van der Waals surface area (Å²) >= 11 is 1.25. The third kappa shape index (κ3) is 4.26. The maximum atomic E-state index is 14.5. The average molecular weight is 333 g/mol. The second-order valence-corrected chi connectivity index (χ2v) is 8.27. The van der Waals surface area contributed by atoms with Crippen LogP contribution in [-0.4, -0.2) is 21.2 Å². The van der Waals surface area contributed by atoms with Crippen molar-refractivity contribution < 1.29 is 18.3 Å². The van der Waals surface area contributed by atoms with Crippen LogP contribution < -0.4 is 0 Å². The normalized spacial score (nSPS) is 14.4. The molecular formula is C16H22F3NOS. The van der Waals surface area contributed by atoms with Crippen LogP contribution in [0.4, 0.5) is 13.2 Å². The first-order valence-corrected chi connectivity index (χ1v) is 7.67. The average Bonchev–Trinajstić information content (AvgIpc) is 2.33. The van der Waals surface area contributed by atoms with Gasteiger partial charge in [0, 0.05) is 10.3 Å². The summed E-state index contributed by atoms with van der Waals surface area (Å²) in [6.45, 7) is 9.32. The van der Waals surface area contributed by atoms with Crippen molar-refractivity contribution in [1.29, 1.82) is 0 Å². The Morgan fingerprint density at radius 1 is 1.14 bits per heavy atom. The summed E-state index contributed by atoms with van der Waals surface area (Å²) < 4.78 is 46.9. The first kappa shape index (κ1) is 19.0. The van der Waals surface area contributed by atoms with E-state index in [1.165, 1.54) is 24.1 Å². The Balaban J connectivity index is 3.31. The lowest BCUT2D eigenvalue weighted by Crippen LogP contribution is -2.41. The summed E-state index contributed by atoms with van der Waals surface area (Å²) in [7, 11) is 0. The fraction of sp³-hybridized carbons (Fsp3) is 0.562. The van der Waals surface area contributed by atoms with Gasteiger partial charge in [0.2, 0.25) is 0 Å². The Hall–Kier alpha value is -1.01. The van der Waals surface area contributed by atoms with E-state index < -0.39 is 22.9 Å². The predicted octanol–water partition coefficient (Wildman–Crippen LogP) is 4.94. The summed E-state index contributed by atoms with van der Waals surface area (Å²) in [5.74, 6) is -4.75. The zero-order chi connectivity index (χ0) is 17.3. The molecule has 0 aliphatic heterocycles. The number of hydrogen-bond donors (Lipinski definition) is 1. The van der Waals surface area contributed by atoms with Crippen LogP contribution in [0.15, 0.2) is 22.6 Å². The number of aliphatic hydroxyl groups is 1. The highest BCUT2D eigenvalue weighted by molar-refractivity contribution is 7.99. The first-order valence-electron chi connectivity index (χ1n) is 6.89. The number of rotatable bonds is 4. The third-order valence-electron chi connectivity index (χ3n) is 2.95. The lowest BCUT2D eigenvalue weighted by molar-refractivity contribution is -0.170. The van der Waals surface area contributed by atoms with Crippen molar-refractivity contribution in [3.05, 3.63) is 35.1 Å². The van der Waals surface area contributed by atoms with E-state index in [9.17, 15) is 18.3 Å². The summed E-state index contributed by atoms with van der Waals surface area (Å²) in [6, 6.07) is 3.73. The van der Waals surface area contributed by atoms with E-state index in [1.807, 2.05) is 20.8 Å². The molecule has 0 saturated carbocycles. The molecule has 1 rings (SSSR count). The molecule has 0 aliphatic carbocycles. The molecule has 6 heteroatoms. The van der Waals surface area contributed by atoms with Gasteiger partial charge < -0.3 is 5.11 Å². The molecule has 1 aromatic carbocycles. The zero-order valence-electron chi connectivity index (χ0n) is 13.7. The van der Waals surface area contributed by atoms with Crippen LogP contribution in [-0.2, 0) is 5.92 Å². The van der Waals surface area contributed by atoms with Crippen molar-refractivity contribution >= 4 is 17.7 Å². The predicted molar refractivity (Wildman–Crippen MR) is 86.1 cm³/mol. The summed E-state index contributed by atoms with van der Waals surface area (Å²) in [5, 5.41) is 9.61. The van der Waals surface area contributed by atoms with Crippen molar-refractivity contribution in [3.63, 3.8) is 0 Å². The number of nitrogens with zero attached hydrogens (tertiary/aromatic N) is 1. The Kier molecular flexibility index (Phi) is 5.40. The smallest absolute Gasteiger partial charge is 0.303 e. The van der Waals surface area contributed by atoms with Gasteiger partial charge in [0.1, 0.15) is 11.4 Å². The Labute approximate surface area is 134 Å². The van der Waals surface area contributed by atoms with E-state index in [0.717, 1.165) is 19.9 Å². The molecule has 0 atom stereocenters. The van der Waals surface area contributed by atoms with Crippen LogP contribution in [0.2, 0.25) is 0 Å². The minimum atomic E-state index is -3.70. The van der Waals surface area contributed by atoms with E-state index in [2.05, 4.69) is 4.40 Å². The standard InChI is InChI=1S/C16H22F3NOS/c1-10(20-22-14(2,3)4)11-8-7-9-12(13(11)17)16(18,19)15(5,6)21/h7-9,21H,1-6H3. The molecule has 22 heavy (non-hydrogen) atoms. The quantitative estimate of drug-likeness (QED) is 0.625. The molecule has 0 bridgehead atoms. The molecule has 1 N–H and O–H groups in total. The Bertz CT molecular complexity index is 572. The highest BCUT2D eigenvalue weighted by Crippen LogP contribution is 2.40. The van der Waals surface area contributed by atoms with Crippen LogP contribution in [0.5, 0.6) is 0 Å². The molecule has 1 aromatic rings. The SMILES string of the molecule is CC(=NSC(C)(C)C)c1cccc(C(F)(F)C(C)(C)O)c1F. The fourth-order valence-corrected chi connectivity index (χ4v) is 2.15. The number of benzene rings is 1. The van der Waals surface area contributed by atoms with E-state index in [1.54, 1.807) is 6.92 Å². The van der Waals surface area contributed by atoms with Crippen LogP contribution >= 0.6 is 11.9 Å². The minimum absolute atomic E-state index is 0.0122. The molecule has 0 radical (unpaired) electrons. The van der Waals surface area contributed by atoms with Gasteiger partial charge in [-0.1, -0.05) is 12.1 Å². The second-order valence-electron chi connectivity index (χ2n) is 6.68. The topological polar surface area (TPSA) is 32.6 Å². The second kappa shape index (κ2) is 6.24. The Morgan fingerprint density at radius 2 is 1.68 bits per heavy atom. The largest absolute Gasteiger partial charge is 0.384 e. The molecule has 2 nitrogen and oxygen atoms in total. The van der Waals surface area contributed by atoms with Gasteiger partial charge in [-0.2, -0.15) is 8.78 Å². The van der Waals surface area contributed by atoms with E-state index in [-0.39, 0.29) is 10.3 Å². The fourth-order valence-electron chi connectivity index (χ4n) is 1.64. The van der Waals surface area contributed by atoms with Gasteiger partial charge in [0.25, 0.3) is 0 Å². The Morgan fingerprint density at radius 3 is 2.14 bits per heavy atom. The van der Waals surface area contributed by atoms with Gasteiger partial charge in [-0.3, -0.25) is 0 Å². The lowest BCUT2D eigenvalue weighted by Gasteiger charge is -2.29. The molecule has 124 valence electrons. The first-order chi connectivity index (χ1) is 9.77. The van der Waals surface area contributed by atoms with Crippen molar-refractivity contribution in [2.75, 3.05) is 0 Å². The highest BCUT2D eigenvalue weighted by atomic mass is 32.2. The summed E-state index contributed by atoms with van der Waals surface area (Å²) in [6.07, 6.45) is 0. The van der Waals surface area contributed by atoms with Crippen molar-refractivity contribution in [1.82, 2.24) is 0 Å². The van der Waals surface area contributed by atoms with Crippen molar-refractivity contribution in [3.8, 4) is 0 Å². The third-order valence-corrected chi connectivity index (χ3v) is 3.86. The van der Waals surface area contributed by atoms with E-state index in [4.69, 9.17) is 0 Å². The number of hydrogen-bond acceptors (Lipinski definition) is 3. The molecular weight excluding hydrogens is 311 g/mol. The molecule has 0 aromatic heterocycles. The lowest BCUT2D eigenvalue weighted by atomic mass is 9.91. The summed E-state index contributed by atoms with van der Waals surface area (Å²) in [4.78, 5) is 0. The maximum Gasteiger partial charge on any atom is 0.303 e. The van der Waals surface area contributed by atoms with Gasteiger partial charge in [-0.25, -0.2) is 8.79 Å². The van der Waals surface area contributed by atoms with Crippen LogP contribution in [0.3, 0.4) is 0 Å². The van der Waals surface area contributed by atoms with Gasteiger partial charge in [-0.15, -0.1) is 0 Å². The van der Waals surface area contributed by atoms with Gasteiger partial charge >= 0.3 is 5.92 Å². The van der Waals surface area contributed by atoms with Crippen molar-refractivity contribution in [2.45, 2.75) is 57.8 Å². The van der Waals surface area contributed by atoms with Gasteiger partial charge in [-0.05, 0) is 59.6 Å². The summed E-state index contributed by atoms with van der Waals surface area (Å²) in [5.41, 5.74) is -2.85. The molecule has 0 amide bonds. The molecule has 0 aliphatic rings. The number of halogens is 3. The van der Waals surface area contributed by atoms with Crippen LogP contribution in [0.1, 0.15) is 52.7 Å². The van der Waals surface area contributed by atoms with E-state index in [0.29, 0.717) is 5.71 Å². The monoisotopic (exact) mass is 333 g/mol. The minimum Gasteiger partial charge on any atom is -0.384 e. The highest BCUT2D eigenvalue weighted by Gasteiger charge is 2.49. The van der Waals surface area contributed by atoms with Gasteiger partial charge in [0.15, 0.2) is 0 Å². The van der Waals surface area contributed by atoms with Crippen LogP contribution in [0.25, 0.3) is 0 Å². The molecule has 0 fully saturated rings. The van der Waals surface area contributed by atoms with Gasteiger partial charge in [0.05, 0.1) is 11.3 Å². The van der Waals surface area contributed by atoms with Crippen molar-refractivity contribution in [2.24, 2.45) is 4.40 Å². The molecule has 0 spiro atoms.